The molecule has 0 rings (SSSR count). The molecule has 5 heteroatoms. The van der Waals surface area contributed by atoms with E-state index < -0.39 is 15.1 Å². The van der Waals surface area contributed by atoms with E-state index in [1.54, 1.807) is 0 Å². The SMILES string of the molecule is CCO[Si](C)(P=O)[Si](CC)(CC)CC. The van der Waals surface area contributed by atoms with Gasteiger partial charge >= 0.3 is 0 Å². The zero-order chi connectivity index (χ0) is 11.2. The Bertz CT molecular complexity index is 177. The normalized spacial score (nSPS) is 16.9. The molecule has 1 atom stereocenters. The average molecular weight is 250 g/mol. The van der Waals surface area contributed by atoms with Gasteiger partial charge < -0.3 is 4.43 Å². The van der Waals surface area contributed by atoms with Crippen LogP contribution in [-0.4, -0.2) is 21.7 Å². The van der Waals surface area contributed by atoms with Crippen molar-refractivity contribution >= 4 is 23.1 Å². The zero-order valence-corrected chi connectivity index (χ0v) is 13.0. The molecule has 0 heterocycles. The minimum atomic E-state index is -1.95. The lowest BCUT2D eigenvalue weighted by Gasteiger charge is -2.38. The largest absolute Gasteiger partial charge is 0.408 e. The summed E-state index contributed by atoms with van der Waals surface area (Å²) in [5.74, 6) is 0. The second kappa shape index (κ2) is 6.16. The van der Waals surface area contributed by atoms with Crippen LogP contribution in [0.25, 0.3) is 0 Å². The van der Waals surface area contributed by atoms with E-state index in [0.29, 0.717) is 14.6 Å². The summed E-state index contributed by atoms with van der Waals surface area (Å²) in [6, 6.07) is 3.62. The Hall–Kier alpha value is 0.494. The van der Waals surface area contributed by atoms with E-state index in [0.717, 1.165) is 0 Å². The van der Waals surface area contributed by atoms with Gasteiger partial charge in [0.2, 0.25) is 0 Å². The highest BCUT2D eigenvalue weighted by Gasteiger charge is 2.51. The summed E-state index contributed by atoms with van der Waals surface area (Å²) in [5, 5.41) is 0. The quantitative estimate of drug-likeness (QED) is 0.505. The van der Waals surface area contributed by atoms with Crippen molar-refractivity contribution in [1.29, 1.82) is 0 Å². The summed E-state index contributed by atoms with van der Waals surface area (Å²) < 4.78 is 17.3. The van der Waals surface area contributed by atoms with Gasteiger partial charge in [-0.1, -0.05) is 38.9 Å². The Labute approximate surface area is 91.4 Å². The van der Waals surface area contributed by atoms with Crippen molar-refractivity contribution < 1.29 is 8.99 Å². The molecule has 0 saturated carbocycles. The highest BCUT2D eigenvalue weighted by molar-refractivity contribution is 7.88. The van der Waals surface area contributed by atoms with E-state index in [2.05, 4.69) is 27.3 Å². The molecule has 2 nitrogen and oxygen atoms in total. The third-order valence-electron chi connectivity index (χ3n) is 3.61. The van der Waals surface area contributed by atoms with Crippen molar-refractivity contribution in [2.24, 2.45) is 0 Å². The van der Waals surface area contributed by atoms with Crippen LogP contribution in [0.4, 0.5) is 0 Å². The third kappa shape index (κ3) is 2.54. The molecule has 0 saturated heterocycles. The maximum atomic E-state index is 11.4. The van der Waals surface area contributed by atoms with E-state index in [-0.39, 0.29) is 0 Å². The topological polar surface area (TPSA) is 26.3 Å². The first kappa shape index (κ1) is 14.5. The number of hydrogen-bond acceptors (Lipinski definition) is 2. The Morgan fingerprint density at radius 2 is 1.50 bits per heavy atom. The molecule has 0 spiro atoms. The number of rotatable bonds is 7. The molecule has 1 unspecified atom stereocenters. The molecule has 0 aromatic heterocycles. The van der Waals surface area contributed by atoms with Gasteiger partial charge in [0.15, 0.2) is 8.01 Å². The molecule has 0 amide bonds. The molecule has 84 valence electrons. The Morgan fingerprint density at radius 3 is 1.71 bits per heavy atom. The van der Waals surface area contributed by atoms with Gasteiger partial charge in [-0.15, -0.1) is 0 Å². The molecule has 0 aromatic carbocycles. The standard InChI is InChI=1S/C9H23O2PSi2/c1-6-11-13(5,12-10)14(7-2,8-3)9-4/h6-9H2,1-5H3. The first-order valence-electron chi connectivity index (χ1n) is 5.54. The van der Waals surface area contributed by atoms with E-state index >= 15 is 0 Å². The van der Waals surface area contributed by atoms with Crippen LogP contribution < -0.4 is 0 Å². The fraction of sp³-hybridized carbons (Fsp3) is 1.00. The highest BCUT2D eigenvalue weighted by Crippen LogP contribution is 2.38. The predicted molar refractivity (Wildman–Crippen MR) is 68.0 cm³/mol. The van der Waals surface area contributed by atoms with Gasteiger partial charge in [0.1, 0.15) is 0 Å². The Morgan fingerprint density at radius 1 is 1.07 bits per heavy atom. The molecular formula is C9H23O2PSi2. The fourth-order valence-electron chi connectivity index (χ4n) is 2.29. The van der Waals surface area contributed by atoms with Crippen molar-refractivity contribution in [3.05, 3.63) is 0 Å². The van der Waals surface area contributed by atoms with Gasteiger partial charge in [-0.2, -0.15) is 0 Å². The second-order valence-electron chi connectivity index (χ2n) is 3.85. The molecular weight excluding hydrogens is 227 g/mol. The molecule has 0 N–H and O–H groups in total. The van der Waals surface area contributed by atoms with Crippen LogP contribution in [0.15, 0.2) is 0 Å². The molecule has 14 heavy (non-hydrogen) atoms. The molecule has 0 radical (unpaired) electrons. The van der Waals surface area contributed by atoms with Crippen molar-refractivity contribution in [2.75, 3.05) is 6.61 Å². The molecule has 0 bridgehead atoms. The lowest BCUT2D eigenvalue weighted by Crippen LogP contribution is -2.58. The van der Waals surface area contributed by atoms with Crippen LogP contribution in [0.2, 0.25) is 24.7 Å². The van der Waals surface area contributed by atoms with Crippen molar-refractivity contribution in [1.82, 2.24) is 0 Å². The summed E-state index contributed by atoms with van der Waals surface area (Å²) >= 11 is 0. The zero-order valence-electron chi connectivity index (χ0n) is 10.1. The minimum Gasteiger partial charge on any atom is -0.408 e. The van der Waals surface area contributed by atoms with Crippen LogP contribution in [0.1, 0.15) is 27.7 Å². The summed E-state index contributed by atoms with van der Waals surface area (Å²) in [6.07, 6.45) is 0. The van der Waals surface area contributed by atoms with Crippen molar-refractivity contribution in [3.63, 3.8) is 0 Å². The predicted octanol–water partition coefficient (Wildman–Crippen LogP) is 3.97. The monoisotopic (exact) mass is 250 g/mol. The summed E-state index contributed by atoms with van der Waals surface area (Å²) in [7, 11) is -3.04. The Balaban J connectivity index is 5.00. The van der Waals surface area contributed by atoms with E-state index in [9.17, 15) is 4.57 Å². The summed E-state index contributed by atoms with van der Waals surface area (Å²) in [5.41, 5.74) is 0. The van der Waals surface area contributed by atoms with Crippen molar-refractivity contribution in [2.45, 2.75) is 52.4 Å². The van der Waals surface area contributed by atoms with Gasteiger partial charge in [-0.05, 0) is 13.5 Å². The maximum absolute atomic E-state index is 11.4. The van der Waals surface area contributed by atoms with Crippen LogP contribution in [0.3, 0.4) is 0 Å². The van der Waals surface area contributed by atoms with Crippen LogP contribution in [0.5, 0.6) is 0 Å². The van der Waals surface area contributed by atoms with Crippen LogP contribution in [-0.2, 0) is 8.99 Å². The molecule has 0 aromatic rings. The second-order valence-corrected chi connectivity index (χ2v) is 21.4. The van der Waals surface area contributed by atoms with E-state index in [4.69, 9.17) is 4.43 Å². The third-order valence-corrected chi connectivity index (χ3v) is 26.9. The van der Waals surface area contributed by atoms with Gasteiger partial charge in [0.05, 0.1) is 7.59 Å². The maximum Gasteiger partial charge on any atom is 0.277 e. The van der Waals surface area contributed by atoms with Crippen molar-refractivity contribution in [3.8, 4) is 0 Å². The van der Waals surface area contributed by atoms with Gasteiger partial charge in [-0.25, -0.2) is 0 Å². The molecule has 0 aliphatic carbocycles. The first-order valence-corrected chi connectivity index (χ1v) is 13.2. The van der Waals surface area contributed by atoms with E-state index in [1.807, 2.05) is 6.92 Å². The summed E-state index contributed by atoms with van der Waals surface area (Å²) in [6.45, 7) is 11.6. The smallest absolute Gasteiger partial charge is 0.277 e. The van der Waals surface area contributed by atoms with Gasteiger partial charge in [0.25, 0.3) is 7.50 Å². The molecule has 0 fully saturated rings. The molecule has 0 aliphatic rings. The fourth-order valence-corrected chi connectivity index (χ4v) is 21.3. The van der Waals surface area contributed by atoms with Gasteiger partial charge in [-0.3, -0.25) is 4.57 Å². The minimum absolute atomic E-state index is 0.307. The Kier molecular flexibility index (Phi) is 6.38. The summed E-state index contributed by atoms with van der Waals surface area (Å²) in [4.78, 5) is 0. The van der Waals surface area contributed by atoms with Crippen LogP contribution in [0, 0.1) is 0 Å². The van der Waals surface area contributed by atoms with Gasteiger partial charge in [0, 0.05) is 6.61 Å². The lowest BCUT2D eigenvalue weighted by molar-refractivity contribution is 0.349. The highest BCUT2D eigenvalue weighted by atomic mass is 31.4. The van der Waals surface area contributed by atoms with E-state index in [1.165, 1.54) is 18.1 Å². The molecule has 0 aliphatic heterocycles. The lowest BCUT2D eigenvalue weighted by atomic mass is 10.9. The number of hydrogen-bond donors (Lipinski definition) is 0. The van der Waals surface area contributed by atoms with Crippen LogP contribution >= 0.6 is 8.01 Å². The average Bonchev–Trinajstić information content (AvgIpc) is 2.21. The first-order chi connectivity index (χ1) is 6.55.